The molecule has 3 nitrogen and oxygen atoms in total. The van der Waals surface area contributed by atoms with Crippen molar-refractivity contribution < 1.29 is 18.7 Å². The highest BCUT2D eigenvalue weighted by molar-refractivity contribution is 5.75. The molecule has 2 unspecified atom stereocenters. The number of halogens is 1. The van der Waals surface area contributed by atoms with Crippen LogP contribution in [-0.4, -0.2) is 20.2 Å². The first-order valence-corrected chi connectivity index (χ1v) is 6.06. The molecule has 0 radical (unpaired) electrons. The first kappa shape index (κ1) is 12.9. The lowest BCUT2D eigenvalue weighted by atomic mass is 10.1. The summed E-state index contributed by atoms with van der Waals surface area (Å²) in [5, 5.41) is 0. The normalized spacial score (nSPS) is 21.5. The van der Waals surface area contributed by atoms with Crippen molar-refractivity contribution in [2.75, 3.05) is 14.2 Å². The van der Waals surface area contributed by atoms with Gasteiger partial charge in [-0.05, 0) is 48.9 Å². The van der Waals surface area contributed by atoms with Crippen LogP contribution in [0.15, 0.2) is 18.2 Å². The molecule has 0 N–H and O–H groups in total. The van der Waals surface area contributed by atoms with Crippen molar-refractivity contribution >= 4 is 5.97 Å². The Kier molecular flexibility index (Phi) is 3.84. The lowest BCUT2D eigenvalue weighted by molar-refractivity contribution is -0.142. The van der Waals surface area contributed by atoms with Gasteiger partial charge in [0.25, 0.3) is 0 Å². The molecule has 4 heteroatoms. The Hall–Kier alpha value is -1.58. The molecule has 0 heterocycles. The lowest BCUT2D eigenvalue weighted by Crippen LogP contribution is -2.05. The van der Waals surface area contributed by atoms with Crippen molar-refractivity contribution in [1.29, 1.82) is 0 Å². The summed E-state index contributed by atoms with van der Waals surface area (Å²) < 4.78 is 23.0. The van der Waals surface area contributed by atoms with Gasteiger partial charge < -0.3 is 9.47 Å². The molecule has 1 aromatic rings. The molecule has 1 aliphatic carbocycles. The minimum Gasteiger partial charge on any atom is -0.496 e. The molecular formula is C14H17FO3. The third-order valence-electron chi connectivity index (χ3n) is 3.45. The van der Waals surface area contributed by atoms with Crippen LogP contribution in [0.4, 0.5) is 4.39 Å². The van der Waals surface area contributed by atoms with E-state index in [2.05, 4.69) is 0 Å². The second kappa shape index (κ2) is 5.38. The van der Waals surface area contributed by atoms with Crippen LogP contribution < -0.4 is 4.74 Å². The molecule has 2 rings (SSSR count). The maximum absolute atomic E-state index is 13.2. The third kappa shape index (κ3) is 2.81. The number of aryl methyl sites for hydroxylation is 1. The maximum Gasteiger partial charge on any atom is 0.308 e. The standard InChI is InChI=1S/C14H17FO3/c1-17-13-6-5-11(15)7-10(13)4-3-9-8-12(9)14(16)18-2/h5-7,9,12H,3-4,8H2,1-2H3. The van der Waals surface area contributed by atoms with Crippen molar-refractivity contribution in [2.45, 2.75) is 19.3 Å². The number of ether oxygens (including phenoxy) is 2. The summed E-state index contributed by atoms with van der Waals surface area (Å²) in [4.78, 5) is 11.3. The SMILES string of the molecule is COC(=O)C1CC1CCc1cc(F)ccc1OC. The fraction of sp³-hybridized carbons (Fsp3) is 0.500. The van der Waals surface area contributed by atoms with E-state index in [4.69, 9.17) is 9.47 Å². The van der Waals surface area contributed by atoms with Crippen LogP contribution >= 0.6 is 0 Å². The molecule has 0 amide bonds. The number of hydrogen-bond acceptors (Lipinski definition) is 3. The van der Waals surface area contributed by atoms with Gasteiger partial charge in [0.2, 0.25) is 0 Å². The van der Waals surface area contributed by atoms with Crippen LogP contribution in [0.3, 0.4) is 0 Å². The van der Waals surface area contributed by atoms with Crippen LogP contribution in [0.25, 0.3) is 0 Å². The summed E-state index contributed by atoms with van der Waals surface area (Å²) in [5.41, 5.74) is 0.855. The molecular weight excluding hydrogens is 235 g/mol. The van der Waals surface area contributed by atoms with Gasteiger partial charge >= 0.3 is 5.97 Å². The summed E-state index contributed by atoms with van der Waals surface area (Å²) in [6.07, 6.45) is 2.46. The summed E-state index contributed by atoms with van der Waals surface area (Å²) in [7, 11) is 2.98. The van der Waals surface area contributed by atoms with Crippen molar-refractivity contribution in [2.24, 2.45) is 11.8 Å². The van der Waals surface area contributed by atoms with Crippen LogP contribution in [0.2, 0.25) is 0 Å². The zero-order valence-corrected chi connectivity index (χ0v) is 10.6. The van der Waals surface area contributed by atoms with Gasteiger partial charge in [-0.2, -0.15) is 0 Å². The maximum atomic E-state index is 13.2. The van der Waals surface area contributed by atoms with Crippen LogP contribution in [0, 0.1) is 17.7 Å². The second-order valence-electron chi connectivity index (χ2n) is 4.62. The monoisotopic (exact) mass is 252 g/mol. The number of carbonyl (C=O) groups excluding carboxylic acids is 1. The van der Waals surface area contributed by atoms with E-state index >= 15 is 0 Å². The van der Waals surface area contributed by atoms with E-state index in [-0.39, 0.29) is 17.7 Å². The van der Waals surface area contributed by atoms with Gasteiger partial charge in [-0.1, -0.05) is 0 Å². The largest absolute Gasteiger partial charge is 0.496 e. The Labute approximate surface area is 106 Å². The Morgan fingerprint density at radius 2 is 2.22 bits per heavy atom. The summed E-state index contributed by atoms with van der Waals surface area (Å²) in [6, 6.07) is 4.51. The Morgan fingerprint density at radius 3 is 2.89 bits per heavy atom. The highest BCUT2D eigenvalue weighted by Gasteiger charge is 2.43. The van der Waals surface area contributed by atoms with Crippen LogP contribution in [0.5, 0.6) is 5.75 Å². The van der Waals surface area contributed by atoms with Gasteiger partial charge in [-0.25, -0.2) is 4.39 Å². The molecule has 0 aromatic heterocycles. The molecule has 18 heavy (non-hydrogen) atoms. The Balaban J connectivity index is 1.91. The lowest BCUT2D eigenvalue weighted by Gasteiger charge is -2.08. The minimum absolute atomic E-state index is 0.0366. The fourth-order valence-corrected chi connectivity index (χ4v) is 2.29. The average molecular weight is 252 g/mol. The molecule has 1 fully saturated rings. The summed E-state index contributed by atoms with van der Waals surface area (Å²) in [5.74, 6) is 0.712. The molecule has 1 aliphatic rings. The number of hydrogen-bond donors (Lipinski definition) is 0. The van der Waals surface area contributed by atoms with Crippen LogP contribution in [-0.2, 0) is 16.0 Å². The Bertz CT molecular complexity index is 445. The number of methoxy groups -OCH3 is 2. The van der Waals surface area contributed by atoms with Gasteiger partial charge in [0.1, 0.15) is 11.6 Å². The summed E-state index contributed by atoms with van der Waals surface area (Å²) in [6.45, 7) is 0. The third-order valence-corrected chi connectivity index (χ3v) is 3.45. The zero-order valence-electron chi connectivity index (χ0n) is 10.6. The highest BCUT2D eigenvalue weighted by Crippen LogP contribution is 2.43. The van der Waals surface area contributed by atoms with Gasteiger partial charge in [0.05, 0.1) is 20.1 Å². The average Bonchev–Trinajstić information content (AvgIpc) is 3.15. The van der Waals surface area contributed by atoms with Gasteiger partial charge in [-0.15, -0.1) is 0 Å². The number of benzene rings is 1. The number of rotatable bonds is 5. The predicted octanol–water partition coefficient (Wildman–Crippen LogP) is 2.58. The number of esters is 1. The molecule has 2 atom stereocenters. The second-order valence-corrected chi connectivity index (χ2v) is 4.62. The predicted molar refractivity (Wildman–Crippen MR) is 64.9 cm³/mol. The molecule has 0 aliphatic heterocycles. The van der Waals surface area contributed by atoms with E-state index in [0.29, 0.717) is 11.7 Å². The van der Waals surface area contributed by atoms with E-state index in [1.807, 2.05) is 0 Å². The van der Waals surface area contributed by atoms with E-state index in [1.165, 1.54) is 19.2 Å². The summed E-state index contributed by atoms with van der Waals surface area (Å²) >= 11 is 0. The van der Waals surface area contributed by atoms with Gasteiger partial charge in [-0.3, -0.25) is 4.79 Å². The molecule has 1 saturated carbocycles. The molecule has 0 spiro atoms. The van der Waals surface area contributed by atoms with Crippen molar-refractivity contribution in [3.8, 4) is 5.75 Å². The van der Waals surface area contributed by atoms with E-state index < -0.39 is 0 Å². The first-order chi connectivity index (χ1) is 8.65. The first-order valence-electron chi connectivity index (χ1n) is 6.06. The molecule has 1 aromatic carbocycles. The van der Waals surface area contributed by atoms with Crippen LogP contribution in [0.1, 0.15) is 18.4 Å². The van der Waals surface area contributed by atoms with Gasteiger partial charge in [0, 0.05) is 0 Å². The smallest absolute Gasteiger partial charge is 0.308 e. The van der Waals surface area contributed by atoms with Crippen molar-refractivity contribution in [3.63, 3.8) is 0 Å². The molecule has 98 valence electrons. The van der Waals surface area contributed by atoms with E-state index in [1.54, 1.807) is 13.2 Å². The fourth-order valence-electron chi connectivity index (χ4n) is 2.29. The molecule has 0 saturated heterocycles. The van der Waals surface area contributed by atoms with Crippen molar-refractivity contribution in [1.82, 2.24) is 0 Å². The number of carbonyl (C=O) groups is 1. The van der Waals surface area contributed by atoms with Crippen molar-refractivity contribution in [3.05, 3.63) is 29.6 Å². The van der Waals surface area contributed by atoms with E-state index in [0.717, 1.165) is 24.8 Å². The highest BCUT2D eigenvalue weighted by atomic mass is 19.1. The molecule has 0 bridgehead atoms. The Morgan fingerprint density at radius 1 is 1.44 bits per heavy atom. The zero-order chi connectivity index (χ0) is 13.1. The minimum atomic E-state index is -0.258. The quantitative estimate of drug-likeness (QED) is 0.755. The van der Waals surface area contributed by atoms with Gasteiger partial charge in [0.15, 0.2) is 0 Å². The topological polar surface area (TPSA) is 35.5 Å². The van der Waals surface area contributed by atoms with E-state index in [9.17, 15) is 9.18 Å².